The van der Waals surface area contributed by atoms with Crippen LogP contribution in [-0.2, 0) is 6.54 Å². The van der Waals surface area contributed by atoms with E-state index in [1.807, 2.05) is 0 Å². The summed E-state index contributed by atoms with van der Waals surface area (Å²) in [6, 6.07) is 3.63. The van der Waals surface area contributed by atoms with E-state index in [1.54, 1.807) is 23.0 Å². The smallest absolute Gasteiger partial charge is 0.104 e. The molecule has 0 aliphatic carbocycles. The van der Waals surface area contributed by atoms with E-state index < -0.39 is 0 Å². The second-order valence-corrected chi connectivity index (χ2v) is 5.66. The predicted octanol–water partition coefficient (Wildman–Crippen LogP) is 3.73. The van der Waals surface area contributed by atoms with Gasteiger partial charge in [-0.3, -0.25) is 0 Å². The summed E-state index contributed by atoms with van der Waals surface area (Å²) in [5.41, 5.74) is 1.40. The molecule has 0 unspecified atom stereocenters. The lowest BCUT2D eigenvalue weighted by atomic mass is 10.3. The van der Waals surface area contributed by atoms with Gasteiger partial charge in [-0.2, -0.15) is 0 Å². The molecule has 0 aliphatic heterocycles. The molecule has 0 spiro atoms. The minimum Gasteiger partial charge on any atom is -0.309 e. The molecule has 4 nitrogen and oxygen atoms in total. The Morgan fingerprint density at radius 3 is 2.42 bits per heavy atom. The Labute approximate surface area is 126 Å². The number of hydrogen-bond acceptors (Lipinski definition) is 3. The summed E-state index contributed by atoms with van der Waals surface area (Å²) < 4.78 is 1.55. The third-order valence-electron chi connectivity index (χ3n) is 2.44. The van der Waals surface area contributed by atoms with Crippen LogP contribution >= 0.6 is 34.8 Å². The minimum absolute atomic E-state index is 0.382. The number of benzene rings is 1. The van der Waals surface area contributed by atoms with Gasteiger partial charge >= 0.3 is 0 Å². The maximum Gasteiger partial charge on any atom is 0.104 e. The van der Waals surface area contributed by atoms with Crippen molar-refractivity contribution in [2.45, 2.75) is 26.4 Å². The van der Waals surface area contributed by atoms with E-state index in [0.717, 1.165) is 5.69 Å². The lowest BCUT2D eigenvalue weighted by Gasteiger charge is -2.06. The third-order valence-corrected chi connectivity index (χ3v) is 3.24. The fourth-order valence-electron chi connectivity index (χ4n) is 1.55. The van der Waals surface area contributed by atoms with Gasteiger partial charge < -0.3 is 5.32 Å². The molecule has 0 saturated heterocycles. The SMILES string of the molecule is CC(C)NCc1cn(-c2c(Cl)cc(Cl)cc2Cl)nn1. The average molecular weight is 320 g/mol. The molecule has 0 radical (unpaired) electrons. The van der Waals surface area contributed by atoms with Gasteiger partial charge in [0.05, 0.1) is 21.9 Å². The topological polar surface area (TPSA) is 42.7 Å². The third kappa shape index (κ3) is 3.60. The van der Waals surface area contributed by atoms with Crippen LogP contribution in [-0.4, -0.2) is 21.0 Å². The minimum atomic E-state index is 0.382. The first kappa shape index (κ1) is 14.6. The normalized spacial score (nSPS) is 11.3. The quantitative estimate of drug-likeness (QED) is 0.934. The van der Waals surface area contributed by atoms with Crippen molar-refractivity contribution in [3.8, 4) is 5.69 Å². The van der Waals surface area contributed by atoms with Crippen molar-refractivity contribution in [1.29, 1.82) is 0 Å². The molecule has 0 aliphatic rings. The largest absolute Gasteiger partial charge is 0.309 e. The van der Waals surface area contributed by atoms with Gasteiger partial charge in [-0.05, 0) is 12.1 Å². The van der Waals surface area contributed by atoms with Crippen molar-refractivity contribution in [2.24, 2.45) is 0 Å². The zero-order valence-corrected chi connectivity index (χ0v) is 12.8. The number of hydrogen-bond donors (Lipinski definition) is 1. The van der Waals surface area contributed by atoms with Crippen LogP contribution in [0.5, 0.6) is 0 Å². The molecule has 0 amide bonds. The van der Waals surface area contributed by atoms with E-state index in [1.165, 1.54) is 0 Å². The maximum atomic E-state index is 6.13. The van der Waals surface area contributed by atoms with E-state index in [9.17, 15) is 0 Å². The van der Waals surface area contributed by atoms with Crippen LogP contribution in [0.25, 0.3) is 5.69 Å². The molecular weight excluding hydrogens is 307 g/mol. The van der Waals surface area contributed by atoms with Crippen molar-refractivity contribution in [3.05, 3.63) is 39.1 Å². The highest BCUT2D eigenvalue weighted by Gasteiger charge is 2.12. The van der Waals surface area contributed by atoms with Crippen molar-refractivity contribution in [1.82, 2.24) is 20.3 Å². The number of rotatable bonds is 4. The molecule has 1 aromatic heterocycles. The molecule has 0 bridgehead atoms. The van der Waals surface area contributed by atoms with E-state index in [0.29, 0.717) is 33.3 Å². The molecule has 0 atom stereocenters. The Balaban J connectivity index is 2.28. The summed E-state index contributed by atoms with van der Waals surface area (Å²) in [5.74, 6) is 0. The zero-order valence-electron chi connectivity index (χ0n) is 10.5. The molecule has 0 saturated carbocycles. The van der Waals surface area contributed by atoms with Crippen LogP contribution in [0.1, 0.15) is 19.5 Å². The van der Waals surface area contributed by atoms with Crippen LogP contribution in [0.2, 0.25) is 15.1 Å². The summed E-state index contributed by atoms with van der Waals surface area (Å²) in [5, 5.41) is 12.7. The lowest BCUT2D eigenvalue weighted by molar-refractivity contribution is 0.580. The highest BCUT2D eigenvalue weighted by Crippen LogP contribution is 2.31. The van der Waals surface area contributed by atoms with E-state index in [4.69, 9.17) is 34.8 Å². The zero-order chi connectivity index (χ0) is 14.0. The Bertz CT molecular complexity index is 557. The molecule has 1 aromatic carbocycles. The Kier molecular flexibility index (Phi) is 4.68. The number of halogens is 3. The fraction of sp³-hybridized carbons (Fsp3) is 0.333. The standard InChI is InChI=1S/C12H13Cl3N4/c1-7(2)16-5-9-6-19(18-17-9)12-10(14)3-8(13)4-11(12)15/h3-4,6-7,16H,5H2,1-2H3. The van der Waals surface area contributed by atoms with Crippen molar-refractivity contribution >= 4 is 34.8 Å². The second kappa shape index (κ2) is 6.09. The number of aromatic nitrogens is 3. The highest BCUT2D eigenvalue weighted by molar-refractivity contribution is 6.40. The first-order chi connectivity index (χ1) is 8.97. The Morgan fingerprint density at radius 1 is 1.21 bits per heavy atom. The molecule has 102 valence electrons. The van der Waals surface area contributed by atoms with Gasteiger partial charge in [0.25, 0.3) is 0 Å². The summed E-state index contributed by atoms with van der Waals surface area (Å²) in [6.45, 7) is 4.77. The Morgan fingerprint density at radius 2 is 1.84 bits per heavy atom. The van der Waals surface area contributed by atoms with Crippen molar-refractivity contribution in [3.63, 3.8) is 0 Å². The molecular formula is C12H13Cl3N4. The van der Waals surface area contributed by atoms with Crippen molar-refractivity contribution in [2.75, 3.05) is 0 Å². The second-order valence-electron chi connectivity index (χ2n) is 4.41. The van der Waals surface area contributed by atoms with Gasteiger partial charge in [0, 0.05) is 17.6 Å². The number of nitrogens with one attached hydrogen (secondary N) is 1. The predicted molar refractivity (Wildman–Crippen MR) is 78.4 cm³/mol. The molecule has 1 N–H and O–H groups in total. The van der Waals surface area contributed by atoms with E-state index in [-0.39, 0.29) is 0 Å². The lowest BCUT2D eigenvalue weighted by Crippen LogP contribution is -2.21. The molecule has 2 aromatic rings. The van der Waals surface area contributed by atoms with Crippen molar-refractivity contribution < 1.29 is 0 Å². The molecule has 2 rings (SSSR count). The van der Waals surface area contributed by atoms with Crippen LogP contribution in [0.15, 0.2) is 18.3 Å². The van der Waals surface area contributed by atoms with E-state index in [2.05, 4.69) is 29.5 Å². The molecule has 7 heteroatoms. The first-order valence-corrected chi connectivity index (χ1v) is 6.90. The fourth-order valence-corrected chi connectivity index (χ4v) is 2.54. The van der Waals surface area contributed by atoms with Gasteiger partial charge in [0.1, 0.15) is 5.69 Å². The highest BCUT2D eigenvalue weighted by atomic mass is 35.5. The summed E-state index contributed by atoms with van der Waals surface area (Å²) in [4.78, 5) is 0. The molecule has 1 heterocycles. The van der Waals surface area contributed by atoms with Gasteiger partial charge in [0.2, 0.25) is 0 Å². The van der Waals surface area contributed by atoms with Crippen LogP contribution in [0.3, 0.4) is 0 Å². The summed E-state index contributed by atoms with van der Waals surface area (Å²) >= 11 is 18.1. The monoisotopic (exact) mass is 318 g/mol. The van der Waals surface area contributed by atoms with Gasteiger partial charge in [0.15, 0.2) is 0 Å². The molecule has 19 heavy (non-hydrogen) atoms. The average Bonchev–Trinajstić information content (AvgIpc) is 2.73. The Hall–Kier alpha value is -0.810. The molecule has 0 fully saturated rings. The van der Waals surface area contributed by atoms with Gasteiger partial charge in [-0.25, -0.2) is 4.68 Å². The maximum absolute atomic E-state index is 6.13. The number of nitrogens with zero attached hydrogens (tertiary/aromatic N) is 3. The summed E-state index contributed by atoms with van der Waals surface area (Å²) in [7, 11) is 0. The van der Waals surface area contributed by atoms with E-state index >= 15 is 0 Å². The van der Waals surface area contributed by atoms with Crippen LogP contribution < -0.4 is 5.32 Å². The van der Waals surface area contributed by atoms with Gasteiger partial charge in [-0.15, -0.1) is 5.10 Å². The van der Waals surface area contributed by atoms with Crippen LogP contribution in [0.4, 0.5) is 0 Å². The summed E-state index contributed by atoms with van der Waals surface area (Å²) in [6.07, 6.45) is 1.79. The first-order valence-electron chi connectivity index (χ1n) is 5.77. The van der Waals surface area contributed by atoms with Gasteiger partial charge in [-0.1, -0.05) is 53.9 Å². The van der Waals surface area contributed by atoms with Crippen LogP contribution in [0, 0.1) is 0 Å².